The number of carbonyl (C=O) groups is 2. The summed E-state index contributed by atoms with van der Waals surface area (Å²) in [6.45, 7) is 1.61. The lowest BCUT2D eigenvalue weighted by atomic mass is 10.2. The number of anilines is 1. The number of amides is 1. The molecule has 132 valence electrons. The van der Waals surface area contributed by atoms with Gasteiger partial charge in [-0.3, -0.25) is 19.7 Å². The Labute approximate surface area is 156 Å². The van der Waals surface area contributed by atoms with E-state index in [-0.39, 0.29) is 18.1 Å². The van der Waals surface area contributed by atoms with E-state index < -0.39 is 4.92 Å². The minimum Gasteiger partial charge on any atom is -0.337 e. The molecule has 0 saturated heterocycles. The highest BCUT2D eigenvalue weighted by Crippen LogP contribution is 2.25. The molecule has 0 bridgehead atoms. The minimum absolute atomic E-state index is 0.0202. The Morgan fingerprint density at radius 3 is 2.77 bits per heavy atom. The van der Waals surface area contributed by atoms with Crippen molar-refractivity contribution < 1.29 is 14.5 Å². The number of aryl methyl sites for hydroxylation is 1. The van der Waals surface area contributed by atoms with E-state index in [1.807, 2.05) is 18.2 Å². The Balaban J connectivity index is 1.85. The quantitative estimate of drug-likeness (QED) is 0.385. The van der Waals surface area contributed by atoms with Gasteiger partial charge in [0.15, 0.2) is 6.29 Å². The first-order valence-corrected chi connectivity index (χ1v) is 8.47. The summed E-state index contributed by atoms with van der Waals surface area (Å²) >= 11 is 3.36. The second kappa shape index (κ2) is 7.09. The van der Waals surface area contributed by atoms with Gasteiger partial charge in [0.2, 0.25) is 5.91 Å². The van der Waals surface area contributed by atoms with Crippen LogP contribution in [0.4, 0.5) is 11.4 Å². The molecular formula is C18H14BrN3O4. The number of benzene rings is 2. The molecule has 1 heterocycles. The summed E-state index contributed by atoms with van der Waals surface area (Å²) in [4.78, 5) is 34.1. The Morgan fingerprint density at radius 1 is 1.31 bits per heavy atom. The van der Waals surface area contributed by atoms with Crippen molar-refractivity contribution in [2.45, 2.75) is 13.5 Å². The lowest BCUT2D eigenvalue weighted by Crippen LogP contribution is -2.18. The molecule has 1 aromatic heterocycles. The molecule has 0 aliphatic heterocycles. The van der Waals surface area contributed by atoms with Crippen LogP contribution >= 0.6 is 15.9 Å². The van der Waals surface area contributed by atoms with Crippen LogP contribution in [0, 0.1) is 17.0 Å². The van der Waals surface area contributed by atoms with Crippen molar-refractivity contribution in [3.63, 3.8) is 0 Å². The van der Waals surface area contributed by atoms with E-state index in [1.165, 1.54) is 6.07 Å². The molecule has 0 atom stereocenters. The molecule has 0 saturated carbocycles. The predicted molar refractivity (Wildman–Crippen MR) is 101 cm³/mol. The number of aromatic nitrogens is 1. The van der Waals surface area contributed by atoms with E-state index in [4.69, 9.17) is 0 Å². The molecule has 0 spiro atoms. The highest BCUT2D eigenvalue weighted by atomic mass is 79.9. The van der Waals surface area contributed by atoms with Gasteiger partial charge in [0, 0.05) is 44.5 Å². The van der Waals surface area contributed by atoms with Crippen molar-refractivity contribution in [2.24, 2.45) is 0 Å². The normalized spacial score (nSPS) is 10.7. The van der Waals surface area contributed by atoms with Crippen LogP contribution in [0.2, 0.25) is 0 Å². The number of nitro benzene ring substituents is 1. The van der Waals surface area contributed by atoms with Crippen LogP contribution in [0.25, 0.3) is 10.9 Å². The van der Waals surface area contributed by atoms with E-state index in [1.54, 1.807) is 29.8 Å². The summed E-state index contributed by atoms with van der Waals surface area (Å²) in [5, 5.41) is 14.4. The van der Waals surface area contributed by atoms with Crippen molar-refractivity contribution >= 4 is 50.4 Å². The summed E-state index contributed by atoms with van der Waals surface area (Å²) in [6, 6.07) is 9.99. The summed E-state index contributed by atoms with van der Waals surface area (Å²) < 4.78 is 2.51. The minimum atomic E-state index is -0.487. The average molecular weight is 416 g/mol. The fraction of sp³-hybridized carbons (Fsp3) is 0.111. The van der Waals surface area contributed by atoms with Crippen molar-refractivity contribution in [2.75, 3.05) is 5.32 Å². The summed E-state index contributed by atoms with van der Waals surface area (Å²) in [6.07, 6.45) is 2.35. The summed E-state index contributed by atoms with van der Waals surface area (Å²) in [7, 11) is 0. The summed E-state index contributed by atoms with van der Waals surface area (Å²) in [5.74, 6) is -0.347. The maximum atomic E-state index is 12.4. The molecule has 0 aliphatic carbocycles. The third-order valence-corrected chi connectivity index (χ3v) is 4.50. The fourth-order valence-electron chi connectivity index (χ4n) is 2.76. The first-order chi connectivity index (χ1) is 12.4. The predicted octanol–water partition coefficient (Wildman–Crippen LogP) is 4.07. The molecule has 0 unspecified atom stereocenters. The molecule has 3 aromatic rings. The molecule has 1 N–H and O–H groups in total. The number of fused-ring (bicyclic) bond motifs is 1. The molecule has 1 amide bonds. The number of nitro groups is 1. The molecule has 2 aromatic carbocycles. The number of hydrogen-bond donors (Lipinski definition) is 1. The zero-order valence-corrected chi connectivity index (χ0v) is 15.3. The lowest BCUT2D eigenvalue weighted by Gasteiger charge is -2.08. The van der Waals surface area contributed by atoms with Gasteiger partial charge < -0.3 is 9.88 Å². The largest absolute Gasteiger partial charge is 0.337 e. The van der Waals surface area contributed by atoms with Gasteiger partial charge in [-0.2, -0.15) is 0 Å². The monoisotopic (exact) mass is 415 g/mol. The van der Waals surface area contributed by atoms with Crippen molar-refractivity contribution in [3.8, 4) is 0 Å². The molecule has 26 heavy (non-hydrogen) atoms. The smallest absolute Gasteiger partial charge is 0.274 e. The summed E-state index contributed by atoms with van der Waals surface area (Å²) in [5.41, 5.74) is 2.05. The number of rotatable bonds is 5. The number of nitrogens with one attached hydrogen (secondary N) is 1. The van der Waals surface area contributed by atoms with Gasteiger partial charge >= 0.3 is 0 Å². The van der Waals surface area contributed by atoms with E-state index in [9.17, 15) is 19.7 Å². The first-order valence-electron chi connectivity index (χ1n) is 7.67. The molecule has 0 radical (unpaired) electrons. The number of hydrogen-bond acceptors (Lipinski definition) is 4. The third kappa shape index (κ3) is 3.50. The Kier molecular flexibility index (Phi) is 4.85. The van der Waals surface area contributed by atoms with Crippen LogP contribution in [-0.4, -0.2) is 21.7 Å². The molecule has 7 nitrogen and oxygen atoms in total. The van der Waals surface area contributed by atoms with Crippen molar-refractivity contribution in [1.82, 2.24) is 4.57 Å². The number of halogens is 1. The Morgan fingerprint density at radius 2 is 2.08 bits per heavy atom. The second-order valence-corrected chi connectivity index (χ2v) is 6.71. The van der Waals surface area contributed by atoms with Gasteiger partial charge in [0.1, 0.15) is 6.54 Å². The van der Waals surface area contributed by atoms with Gasteiger partial charge in [-0.1, -0.05) is 22.0 Å². The Hall–Kier alpha value is -3.00. The average Bonchev–Trinajstić information content (AvgIpc) is 2.93. The van der Waals surface area contributed by atoms with Crippen LogP contribution in [0.3, 0.4) is 0 Å². The fourth-order valence-corrected chi connectivity index (χ4v) is 3.12. The Bertz CT molecular complexity index is 1040. The van der Waals surface area contributed by atoms with E-state index >= 15 is 0 Å². The molecule has 0 fully saturated rings. The van der Waals surface area contributed by atoms with Gasteiger partial charge in [-0.05, 0) is 31.2 Å². The molecule has 8 heteroatoms. The zero-order chi connectivity index (χ0) is 18.8. The second-order valence-electron chi connectivity index (χ2n) is 5.80. The van der Waals surface area contributed by atoms with Crippen LogP contribution in [0.1, 0.15) is 15.9 Å². The zero-order valence-electron chi connectivity index (χ0n) is 13.7. The van der Waals surface area contributed by atoms with Crippen LogP contribution in [0.5, 0.6) is 0 Å². The molecule has 3 rings (SSSR count). The maximum Gasteiger partial charge on any atom is 0.274 e. The lowest BCUT2D eigenvalue weighted by molar-refractivity contribution is -0.385. The van der Waals surface area contributed by atoms with Gasteiger partial charge in [-0.15, -0.1) is 0 Å². The van der Waals surface area contributed by atoms with Crippen molar-refractivity contribution in [1.29, 1.82) is 0 Å². The van der Waals surface area contributed by atoms with Crippen LogP contribution in [-0.2, 0) is 11.3 Å². The highest BCUT2D eigenvalue weighted by molar-refractivity contribution is 9.10. The molecule has 0 aliphatic rings. The highest BCUT2D eigenvalue weighted by Gasteiger charge is 2.14. The van der Waals surface area contributed by atoms with Crippen LogP contribution < -0.4 is 5.32 Å². The standard InChI is InChI=1S/C18H14BrN3O4/c1-11-2-4-14(7-17(11)22(25)26)20-18(24)9-21-8-12(10-23)15-6-13(19)3-5-16(15)21/h2-8,10H,9H2,1H3,(H,20,24). The van der Waals surface area contributed by atoms with Crippen molar-refractivity contribution in [3.05, 3.63) is 68.3 Å². The van der Waals surface area contributed by atoms with Crippen LogP contribution in [0.15, 0.2) is 47.1 Å². The maximum absolute atomic E-state index is 12.4. The van der Waals surface area contributed by atoms with E-state index in [2.05, 4.69) is 21.2 Å². The first kappa shape index (κ1) is 17.8. The van der Waals surface area contributed by atoms with Gasteiger partial charge in [-0.25, -0.2) is 0 Å². The topological polar surface area (TPSA) is 94.2 Å². The van der Waals surface area contributed by atoms with E-state index in [0.29, 0.717) is 16.8 Å². The third-order valence-electron chi connectivity index (χ3n) is 4.00. The number of aldehydes is 1. The van der Waals surface area contributed by atoms with E-state index in [0.717, 1.165) is 21.7 Å². The number of nitrogens with zero attached hydrogens (tertiary/aromatic N) is 2. The molecular weight excluding hydrogens is 402 g/mol. The van der Waals surface area contributed by atoms with Gasteiger partial charge in [0.25, 0.3) is 5.69 Å². The SMILES string of the molecule is Cc1ccc(NC(=O)Cn2cc(C=O)c3cc(Br)ccc32)cc1[N+](=O)[O-]. The number of carbonyl (C=O) groups excluding carboxylic acids is 2. The van der Waals surface area contributed by atoms with Gasteiger partial charge in [0.05, 0.1) is 4.92 Å².